The molecule has 3 nitrogen and oxygen atoms in total. The molecule has 0 aromatic rings. The van der Waals surface area contributed by atoms with E-state index in [1.54, 1.807) is 0 Å². The Morgan fingerprint density at radius 2 is 1.72 bits per heavy atom. The third kappa shape index (κ3) is 3.06. The SMILES string of the molecule is CCC(CC)C(O)CNC1CC2CCC(C1)N2C. The Balaban J connectivity index is 1.75. The molecule has 106 valence electrons. The summed E-state index contributed by atoms with van der Waals surface area (Å²) in [5, 5.41) is 13.8. The van der Waals surface area contributed by atoms with Crippen molar-refractivity contribution in [3.63, 3.8) is 0 Å². The lowest BCUT2D eigenvalue weighted by atomic mass is 9.94. The van der Waals surface area contributed by atoms with Crippen LogP contribution in [0.25, 0.3) is 0 Å². The molecular weight excluding hydrogens is 224 g/mol. The predicted molar refractivity (Wildman–Crippen MR) is 75.7 cm³/mol. The van der Waals surface area contributed by atoms with Crippen molar-refractivity contribution in [2.24, 2.45) is 5.92 Å². The highest BCUT2D eigenvalue weighted by atomic mass is 16.3. The second-order valence-corrected chi connectivity index (χ2v) is 6.27. The Hall–Kier alpha value is -0.120. The molecule has 3 heteroatoms. The van der Waals surface area contributed by atoms with Gasteiger partial charge in [-0.15, -0.1) is 0 Å². The zero-order valence-electron chi connectivity index (χ0n) is 12.2. The van der Waals surface area contributed by atoms with E-state index in [9.17, 15) is 5.11 Å². The van der Waals surface area contributed by atoms with Crippen molar-refractivity contribution < 1.29 is 5.11 Å². The van der Waals surface area contributed by atoms with E-state index >= 15 is 0 Å². The van der Waals surface area contributed by atoms with Crippen LogP contribution in [0.1, 0.15) is 52.4 Å². The number of nitrogens with zero attached hydrogens (tertiary/aromatic N) is 1. The second kappa shape index (κ2) is 6.36. The van der Waals surface area contributed by atoms with Gasteiger partial charge in [0.05, 0.1) is 6.10 Å². The highest BCUT2D eigenvalue weighted by Gasteiger charge is 2.38. The van der Waals surface area contributed by atoms with Gasteiger partial charge in [-0.3, -0.25) is 0 Å². The van der Waals surface area contributed by atoms with Crippen molar-refractivity contribution in [1.29, 1.82) is 0 Å². The first-order valence-electron chi connectivity index (χ1n) is 7.79. The minimum absolute atomic E-state index is 0.169. The lowest BCUT2D eigenvalue weighted by Crippen LogP contribution is -2.49. The normalized spacial score (nSPS) is 34.2. The molecule has 2 N–H and O–H groups in total. The first kappa shape index (κ1) is 14.3. The molecule has 18 heavy (non-hydrogen) atoms. The average Bonchev–Trinajstić information content (AvgIpc) is 2.61. The van der Waals surface area contributed by atoms with E-state index in [-0.39, 0.29) is 6.10 Å². The first-order chi connectivity index (χ1) is 8.65. The Kier molecular flexibility index (Phi) is 5.05. The number of hydrogen-bond acceptors (Lipinski definition) is 3. The number of piperidine rings is 1. The molecule has 0 aromatic carbocycles. The Bertz CT molecular complexity index is 241. The lowest BCUT2D eigenvalue weighted by Gasteiger charge is -2.37. The van der Waals surface area contributed by atoms with Crippen LogP contribution in [0.5, 0.6) is 0 Å². The van der Waals surface area contributed by atoms with Gasteiger partial charge in [0.15, 0.2) is 0 Å². The van der Waals surface area contributed by atoms with Gasteiger partial charge < -0.3 is 15.3 Å². The van der Waals surface area contributed by atoms with Crippen LogP contribution in [-0.2, 0) is 0 Å². The molecule has 3 unspecified atom stereocenters. The monoisotopic (exact) mass is 254 g/mol. The maximum absolute atomic E-state index is 10.2. The second-order valence-electron chi connectivity index (χ2n) is 6.27. The average molecular weight is 254 g/mol. The summed E-state index contributed by atoms with van der Waals surface area (Å²) in [7, 11) is 2.28. The zero-order chi connectivity index (χ0) is 13.1. The Morgan fingerprint density at radius 1 is 1.17 bits per heavy atom. The maximum atomic E-state index is 10.2. The summed E-state index contributed by atoms with van der Waals surface area (Å²) >= 11 is 0. The molecule has 2 rings (SSSR count). The molecule has 0 radical (unpaired) electrons. The van der Waals surface area contributed by atoms with Gasteiger partial charge in [0, 0.05) is 24.7 Å². The fourth-order valence-corrected chi connectivity index (χ4v) is 3.87. The molecular formula is C15H30N2O. The van der Waals surface area contributed by atoms with Crippen LogP contribution in [0.15, 0.2) is 0 Å². The molecule has 0 spiro atoms. The van der Waals surface area contributed by atoms with E-state index < -0.39 is 0 Å². The zero-order valence-corrected chi connectivity index (χ0v) is 12.2. The third-order valence-electron chi connectivity index (χ3n) is 5.31. The number of fused-ring (bicyclic) bond motifs is 2. The molecule has 0 aliphatic carbocycles. The topological polar surface area (TPSA) is 35.5 Å². The van der Waals surface area contributed by atoms with Crippen LogP contribution < -0.4 is 5.32 Å². The summed E-state index contributed by atoms with van der Waals surface area (Å²) in [6, 6.07) is 2.20. The van der Waals surface area contributed by atoms with Crippen LogP contribution in [0.2, 0.25) is 0 Å². The molecule has 3 atom stereocenters. The molecule has 0 aromatic heterocycles. The summed E-state index contributed by atoms with van der Waals surface area (Å²) in [6.45, 7) is 5.13. The summed E-state index contributed by atoms with van der Waals surface area (Å²) in [5.74, 6) is 0.459. The van der Waals surface area contributed by atoms with Crippen molar-refractivity contribution >= 4 is 0 Å². The minimum Gasteiger partial charge on any atom is -0.392 e. The van der Waals surface area contributed by atoms with Crippen molar-refractivity contribution in [2.45, 2.75) is 76.6 Å². The van der Waals surface area contributed by atoms with E-state index in [0.29, 0.717) is 12.0 Å². The molecule has 2 saturated heterocycles. The summed E-state index contributed by atoms with van der Waals surface area (Å²) in [4.78, 5) is 2.56. The Morgan fingerprint density at radius 3 is 2.22 bits per heavy atom. The number of aliphatic hydroxyl groups is 1. The number of nitrogens with one attached hydrogen (secondary N) is 1. The quantitative estimate of drug-likeness (QED) is 0.761. The van der Waals surface area contributed by atoms with Crippen molar-refractivity contribution in [3.8, 4) is 0 Å². The third-order valence-corrected chi connectivity index (χ3v) is 5.31. The summed E-state index contributed by atoms with van der Waals surface area (Å²) in [6.07, 6.45) is 7.27. The Labute approximate surface area is 112 Å². The van der Waals surface area contributed by atoms with Gasteiger partial charge in [0.2, 0.25) is 0 Å². The fraction of sp³-hybridized carbons (Fsp3) is 1.00. The van der Waals surface area contributed by atoms with Gasteiger partial charge in [-0.25, -0.2) is 0 Å². The van der Waals surface area contributed by atoms with Gasteiger partial charge in [-0.2, -0.15) is 0 Å². The molecule has 2 bridgehead atoms. The van der Waals surface area contributed by atoms with Gasteiger partial charge in [0.25, 0.3) is 0 Å². The molecule has 2 aliphatic heterocycles. The number of hydrogen-bond donors (Lipinski definition) is 2. The van der Waals surface area contributed by atoms with E-state index in [0.717, 1.165) is 31.5 Å². The maximum Gasteiger partial charge on any atom is 0.0692 e. The van der Waals surface area contributed by atoms with Crippen LogP contribution in [0.4, 0.5) is 0 Å². The van der Waals surface area contributed by atoms with Gasteiger partial charge in [-0.05, 0) is 38.6 Å². The smallest absolute Gasteiger partial charge is 0.0692 e. The number of aliphatic hydroxyl groups excluding tert-OH is 1. The van der Waals surface area contributed by atoms with Crippen molar-refractivity contribution in [2.75, 3.05) is 13.6 Å². The van der Waals surface area contributed by atoms with Crippen LogP contribution in [0.3, 0.4) is 0 Å². The highest BCUT2D eigenvalue weighted by Crippen LogP contribution is 2.34. The van der Waals surface area contributed by atoms with E-state index in [1.165, 1.54) is 25.7 Å². The predicted octanol–water partition coefficient (Wildman–Crippen LogP) is 2.00. The summed E-state index contributed by atoms with van der Waals surface area (Å²) in [5.41, 5.74) is 0. The molecule has 0 saturated carbocycles. The standard InChI is InChI=1S/C15H30N2O/c1-4-11(5-2)15(18)10-16-12-8-13-6-7-14(9-12)17(13)3/h11-16,18H,4-10H2,1-3H3. The minimum atomic E-state index is -0.169. The van der Waals surface area contributed by atoms with E-state index in [1.807, 2.05) is 0 Å². The van der Waals surface area contributed by atoms with Gasteiger partial charge in [-0.1, -0.05) is 26.7 Å². The van der Waals surface area contributed by atoms with E-state index in [2.05, 4.69) is 31.1 Å². The summed E-state index contributed by atoms with van der Waals surface area (Å²) < 4.78 is 0. The van der Waals surface area contributed by atoms with Gasteiger partial charge >= 0.3 is 0 Å². The lowest BCUT2D eigenvalue weighted by molar-refractivity contribution is 0.0871. The van der Waals surface area contributed by atoms with Crippen LogP contribution in [0, 0.1) is 5.92 Å². The highest BCUT2D eigenvalue weighted by molar-refractivity contribution is 4.96. The van der Waals surface area contributed by atoms with Crippen molar-refractivity contribution in [3.05, 3.63) is 0 Å². The van der Waals surface area contributed by atoms with Gasteiger partial charge in [0.1, 0.15) is 0 Å². The molecule has 2 heterocycles. The van der Waals surface area contributed by atoms with Crippen LogP contribution >= 0.6 is 0 Å². The van der Waals surface area contributed by atoms with Crippen LogP contribution in [-0.4, -0.2) is 47.8 Å². The molecule has 2 fully saturated rings. The van der Waals surface area contributed by atoms with E-state index in [4.69, 9.17) is 0 Å². The fourth-order valence-electron chi connectivity index (χ4n) is 3.87. The largest absolute Gasteiger partial charge is 0.392 e. The molecule has 0 amide bonds. The number of rotatable bonds is 6. The molecule has 2 aliphatic rings. The first-order valence-corrected chi connectivity index (χ1v) is 7.79. The van der Waals surface area contributed by atoms with Crippen molar-refractivity contribution in [1.82, 2.24) is 10.2 Å².